The van der Waals surface area contributed by atoms with Crippen LogP contribution in [0.4, 0.5) is 8.78 Å². The van der Waals surface area contributed by atoms with Crippen molar-refractivity contribution in [1.29, 1.82) is 0 Å². The molecule has 0 aliphatic rings. The fraction of sp³-hybridized carbons (Fsp3) is 0.0667. The van der Waals surface area contributed by atoms with Gasteiger partial charge in [-0.2, -0.15) is 0 Å². The monoisotopic (exact) mass is 662 g/mol. The van der Waals surface area contributed by atoms with Gasteiger partial charge in [0.2, 0.25) is 0 Å². The van der Waals surface area contributed by atoms with E-state index in [1.165, 1.54) is 36.4 Å². The molecule has 0 unspecified atom stereocenters. The average molecular weight is 664 g/mol. The summed E-state index contributed by atoms with van der Waals surface area (Å²) >= 11 is 24.1. The van der Waals surface area contributed by atoms with Gasteiger partial charge >= 0.3 is 0 Å². The predicted molar refractivity (Wildman–Crippen MR) is 156 cm³/mol. The number of hydrogen-bond donors (Lipinski definition) is 0. The number of ether oxygens (including phenoxy) is 2. The first kappa shape index (κ1) is 30.4. The molecule has 0 amide bonds. The van der Waals surface area contributed by atoms with E-state index in [-0.39, 0.29) is 57.7 Å². The molecule has 43 heavy (non-hydrogen) atoms. The Morgan fingerprint density at radius 2 is 0.977 bits per heavy atom. The number of carbonyl (C=O) groups excluding carboxylic acids is 2. The third-order valence-corrected chi connectivity index (χ3v) is 6.99. The Kier molecular flexibility index (Phi) is 9.27. The first-order chi connectivity index (χ1) is 20.6. The molecule has 0 aliphatic heterocycles. The third-order valence-electron chi connectivity index (χ3n) is 5.92. The Morgan fingerprint density at radius 3 is 1.33 bits per heavy atom. The molecule has 0 saturated heterocycles. The van der Waals surface area contributed by atoms with E-state index >= 15 is 0 Å². The van der Waals surface area contributed by atoms with E-state index in [4.69, 9.17) is 60.3 Å². The molecule has 4 aromatic carbocycles. The lowest BCUT2D eigenvalue weighted by molar-refractivity contribution is 0.103. The van der Waals surface area contributed by atoms with Crippen molar-refractivity contribution < 1.29 is 32.3 Å². The van der Waals surface area contributed by atoms with Gasteiger partial charge in [-0.15, -0.1) is 10.2 Å². The zero-order chi connectivity index (χ0) is 30.7. The molecule has 5 aromatic rings. The highest BCUT2D eigenvalue weighted by atomic mass is 35.5. The number of benzene rings is 4. The summed E-state index contributed by atoms with van der Waals surface area (Å²) in [6.07, 6.45) is 0. The number of ketones is 2. The maximum absolute atomic E-state index is 14.8. The van der Waals surface area contributed by atoms with Crippen molar-refractivity contribution in [3.63, 3.8) is 0 Å². The van der Waals surface area contributed by atoms with Crippen LogP contribution in [0.5, 0.6) is 11.5 Å². The molecule has 13 heteroatoms. The summed E-state index contributed by atoms with van der Waals surface area (Å²) in [6, 6.07) is 16.8. The van der Waals surface area contributed by atoms with E-state index in [2.05, 4.69) is 10.2 Å². The van der Waals surface area contributed by atoms with Gasteiger partial charge in [-0.25, -0.2) is 8.78 Å². The number of nitrogens with zero attached hydrogens (tertiary/aromatic N) is 2. The van der Waals surface area contributed by atoms with Crippen LogP contribution in [0.25, 0.3) is 0 Å². The second-order valence-electron chi connectivity index (χ2n) is 8.88. The normalized spacial score (nSPS) is 10.9. The minimum absolute atomic E-state index is 0.0164. The van der Waals surface area contributed by atoms with Crippen LogP contribution in [0, 0.1) is 11.6 Å². The van der Waals surface area contributed by atoms with Crippen molar-refractivity contribution in [3.05, 3.63) is 139 Å². The Morgan fingerprint density at radius 1 is 0.605 bits per heavy atom. The van der Waals surface area contributed by atoms with Gasteiger partial charge in [0.15, 0.2) is 47.9 Å². The molecule has 0 aliphatic carbocycles. The van der Waals surface area contributed by atoms with Crippen LogP contribution in [0.3, 0.4) is 0 Å². The number of hydrogen-bond acceptors (Lipinski definition) is 7. The van der Waals surface area contributed by atoms with E-state index < -0.39 is 23.2 Å². The number of rotatable bonds is 10. The molecule has 0 saturated carbocycles. The van der Waals surface area contributed by atoms with Crippen molar-refractivity contribution in [2.45, 2.75) is 13.2 Å². The van der Waals surface area contributed by atoms with E-state index in [1.54, 1.807) is 24.3 Å². The lowest BCUT2D eigenvalue weighted by Gasteiger charge is -2.10. The van der Waals surface area contributed by atoms with Crippen LogP contribution < -0.4 is 9.47 Å². The minimum atomic E-state index is -0.879. The molecule has 7 nitrogen and oxygen atoms in total. The van der Waals surface area contributed by atoms with Gasteiger partial charge in [-0.1, -0.05) is 46.4 Å². The van der Waals surface area contributed by atoms with Gasteiger partial charge < -0.3 is 13.9 Å². The first-order valence-electron chi connectivity index (χ1n) is 12.2. The van der Waals surface area contributed by atoms with Gasteiger partial charge in [-0.3, -0.25) is 9.59 Å². The zero-order valence-electron chi connectivity index (χ0n) is 21.5. The Labute approximate surface area is 262 Å². The maximum Gasteiger partial charge on any atom is 0.254 e. The highest BCUT2D eigenvalue weighted by Crippen LogP contribution is 2.32. The summed E-state index contributed by atoms with van der Waals surface area (Å²) in [5, 5.41) is 8.17. The van der Waals surface area contributed by atoms with E-state index in [0.29, 0.717) is 21.2 Å². The number of halogens is 6. The molecule has 0 fully saturated rings. The van der Waals surface area contributed by atoms with Crippen molar-refractivity contribution >= 4 is 58.0 Å². The molecular weight excluding hydrogens is 648 g/mol. The third kappa shape index (κ3) is 7.14. The topological polar surface area (TPSA) is 91.5 Å². The van der Waals surface area contributed by atoms with Crippen LogP contribution in [0.15, 0.2) is 77.2 Å². The smallest absolute Gasteiger partial charge is 0.254 e. The van der Waals surface area contributed by atoms with Crippen LogP contribution in [-0.4, -0.2) is 21.8 Å². The molecule has 218 valence electrons. The lowest BCUT2D eigenvalue weighted by atomic mass is 10.0. The van der Waals surface area contributed by atoms with Crippen molar-refractivity contribution in [2.24, 2.45) is 0 Å². The van der Waals surface area contributed by atoms with Crippen molar-refractivity contribution in [3.8, 4) is 11.5 Å². The fourth-order valence-corrected chi connectivity index (χ4v) is 4.64. The largest absolute Gasteiger partial charge is 0.479 e. The Hall–Kier alpha value is -4.02. The first-order valence-corrected chi connectivity index (χ1v) is 13.8. The maximum atomic E-state index is 14.8. The van der Waals surface area contributed by atoms with E-state index in [1.807, 2.05) is 0 Å². The average Bonchev–Trinajstić information content (AvgIpc) is 3.44. The van der Waals surface area contributed by atoms with Crippen LogP contribution in [0.2, 0.25) is 20.1 Å². The second-order valence-corrected chi connectivity index (χ2v) is 10.6. The fourth-order valence-electron chi connectivity index (χ4n) is 3.87. The van der Waals surface area contributed by atoms with Crippen molar-refractivity contribution in [2.75, 3.05) is 0 Å². The molecule has 0 N–H and O–H groups in total. The lowest BCUT2D eigenvalue weighted by Crippen LogP contribution is -2.04. The van der Waals surface area contributed by atoms with Crippen LogP contribution >= 0.6 is 46.4 Å². The van der Waals surface area contributed by atoms with Crippen LogP contribution in [0.1, 0.15) is 43.6 Å². The molecule has 0 atom stereocenters. The summed E-state index contributed by atoms with van der Waals surface area (Å²) in [5.74, 6) is -3.45. The Balaban J connectivity index is 1.21. The number of aromatic nitrogens is 2. The van der Waals surface area contributed by atoms with E-state index in [0.717, 1.165) is 12.1 Å². The highest BCUT2D eigenvalue weighted by molar-refractivity contribution is 6.33. The molecule has 5 rings (SSSR count). The van der Waals surface area contributed by atoms with Crippen LogP contribution in [-0.2, 0) is 13.2 Å². The second kappa shape index (κ2) is 13.1. The summed E-state index contributed by atoms with van der Waals surface area (Å²) < 4.78 is 45.8. The van der Waals surface area contributed by atoms with Gasteiger partial charge in [0, 0.05) is 32.3 Å². The van der Waals surface area contributed by atoms with Gasteiger partial charge in [0.25, 0.3) is 11.8 Å². The Bertz CT molecular complexity index is 1650. The molecule has 1 heterocycles. The number of carbonyl (C=O) groups is 2. The SMILES string of the molecule is O=C(c1ccc(Cl)cc1)c1cc(F)c(OCc2nnc(COc3c(F)cc(C(=O)c4ccc(Cl)cc4)cc3Cl)o2)c(Cl)c1. The van der Waals surface area contributed by atoms with E-state index in [9.17, 15) is 18.4 Å². The molecule has 0 spiro atoms. The highest BCUT2D eigenvalue weighted by Gasteiger charge is 2.20. The summed E-state index contributed by atoms with van der Waals surface area (Å²) in [4.78, 5) is 25.3. The molecule has 0 bridgehead atoms. The molecular formula is C30H16Cl4F2N2O5. The molecule has 0 radical (unpaired) electrons. The van der Waals surface area contributed by atoms with Crippen molar-refractivity contribution in [1.82, 2.24) is 10.2 Å². The molecule has 1 aromatic heterocycles. The summed E-state index contributed by atoms with van der Waals surface area (Å²) in [5.41, 5.74) is 0.640. The predicted octanol–water partition coefficient (Wildman–Crippen LogP) is 8.58. The minimum Gasteiger partial charge on any atom is -0.479 e. The summed E-state index contributed by atoms with van der Waals surface area (Å²) in [6.45, 7) is -0.741. The van der Waals surface area contributed by atoms with Gasteiger partial charge in [0.1, 0.15) is 0 Å². The zero-order valence-corrected chi connectivity index (χ0v) is 24.6. The quantitative estimate of drug-likeness (QED) is 0.138. The van der Waals surface area contributed by atoms with Gasteiger partial charge in [-0.05, 0) is 72.8 Å². The summed E-state index contributed by atoms with van der Waals surface area (Å²) in [7, 11) is 0. The standard InChI is InChI=1S/C30H16Cl4F2N2O5/c31-19-5-1-15(2-6-19)27(39)17-9-21(33)29(23(35)11-17)41-13-25-37-38-26(43-25)14-42-30-22(34)10-18(12-24(30)36)28(40)16-3-7-20(32)8-4-16/h1-12H,13-14H2. The van der Waals surface area contributed by atoms with Gasteiger partial charge in [0.05, 0.1) is 10.0 Å².